The summed E-state index contributed by atoms with van der Waals surface area (Å²) in [6.45, 7) is 2.00. The number of aryl methyl sites for hydroxylation is 1. The summed E-state index contributed by atoms with van der Waals surface area (Å²) < 4.78 is 0. The normalized spacial score (nSPS) is 10.2. The van der Waals surface area contributed by atoms with Gasteiger partial charge in [-0.3, -0.25) is 4.98 Å². The van der Waals surface area contributed by atoms with Crippen LogP contribution < -0.4 is 0 Å². The maximum absolute atomic E-state index is 10.8. The standard InChI is InChI=1S/C12H11N3O2/c1-2-8-7-13-5-3-9(8)11-14-6-4-10(15-11)12(16)17/h3-7H,2H2,1H3,(H,16,17). The highest BCUT2D eigenvalue weighted by Gasteiger charge is 2.10. The van der Waals surface area contributed by atoms with Crippen LogP contribution in [0.15, 0.2) is 30.7 Å². The summed E-state index contributed by atoms with van der Waals surface area (Å²) in [5.41, 5.74) is 1.81. The summed E-state index contributed by atoms with van der Waals surface area (Å²) in [5, 5.41) is 8.88. The van der Waals surface area contributed by atoms with E-state index in [-0.39, 0.29) is 5.69 Å². The number of nitrogens with zero attached hydrogens (tertiary/aromatic N) is 3. The van der Waals surface area contributed by atoms with E-state index < -0.39 is 5.97 Å². The summed E-state index contributed by atoms with van der Waals surface area (Å²) in [4.78, 5) is 23.0. The van der Waals surface area contributed by atoms with Crippen LogP contribution >= 0.6 is 0 Å². The van der Waals surface area contributed by atoms with Crippen molar-refractivity contribution in [2.75, 3.05) is 0 Å². The maximum atomic E-state index is 10.8. The Morgan fingerprint density at radius 3 is 2.88 bits per heavy atom. The third-order valence-electron chi connectivity index (χ3n) is 2.40. The predicted octanol–water partition coefficient (Wildman–Crippen LogP) is 1.80. The van der Waals surface area contributed by atoms with E-state index in [2.05, 4.69) is 15.0 Å². The quantitative estimate of drug-likeness (QED) is 0.868. The van der Waals surface area contributed by atoms with Crippen LogP contribution in [0, 0.1) is 0 Å². The van der Waals surface area contributed by atoms with E-state index >= 15 is 0 Å². The molecular formula is C12H11N3O2. The van der Waals surface area contributed by atoms with E-state index in [0.717, 1.165) is 17.5 Å². The molecule has 5 nitrogen and oxygen atoms in total. The number of hydrogen-bond donors (Lipinski definition) is 1. The van der Waals surface area contributed by atoms with Crippen molar-refractivity contribution in [3.63, 3.8) is 0 Å². The zero-order valence-electron chi connectivity index (χ0n) is 9.29. The van der Waals surface area contributed by atoms with Crippen molar-refractivity contribution in [1.82, 2.24) is 15.0 Å². The molecule has 0 aliphatic carbocycles. The first-order valence-electron chi connectivity index (χ1n) is 5.22. The van der Waals surface area contributed by atoms with Gasteiger partial charge in [0.05, 0.1) is 0 Å². The molecular weight excluding hydrogens is 218 g/mol. The summed E-state index contributed by atoms with van der Waals surface area (Å²) >= 11 is 0. The minimum absolute atomic E-state index is 0.00568. The van der Waals surface area contributed by atoms with Gasteiger partial charge in [0.1, 0.15) is 0 Å². The van der Waals surface area contributed by atoms with Crippen LogP contribution in [0.2, 0.25) is 0 Å². The molecule has 5 heteroatoms. The fraction of sp³-hybridized carbons (Fsp3) is 0.167. The van der Waals surface area contributed by atoms with Crippen LogP contribution in [0.1, 0.15) is 23.0 Å². The zero-order valence-corrected chi connectivity index (χ0v) is 9.29. The molecule has 0 aliphatic rings. The SMILES string of the molecule is CCc1cnccc1-c1nccc(C(=O)O)n1. The molecule has 17 heavy (non-hydrogen) atoms. The lowest BCUT2D eigenvalue weighted by Gasteiger charge is -2.05. The van der Waals surface area contributed by atoms with Crippen molar-refractivity contribution in [3.8, 4) is 11.4 Å². The maximum Gasteiger partial charge on any atom is 0.354 e. The average molecular weight is 229 g/mol. The van der Waals surface area contributed by atoms with Gasteiger partial charge in [-0.2, -0.15) is 0 Å². The molecule has 2 heterocycles. The Hall–Kier alpha value is -2.30. The van der Waals surface area contributed by atoms with Gasteiger partial charge in [-0.05, 0) is 24.1 Å². The lowest BCUT2D eigenvalue weighted by atomic mass is 10.1. The fourth-order valence-corrected chi connectivity index (χ4v) is 1.53. The third-order valence-corrected chi connectivity index (χ3v) is 2.40. The molecule has 0 bridgehead atoms. The molecule has 0 amide bonds. The van der Waals surface area contributed by atoms with Crippen LogP contribution in [0.4, 0.5) is 0 Å². The minimum atomic E-state index is -1.05. The molecule has 2 aromatic heterocycles. The van der Waals surface area contributed by atoms with Crippen molar-refractivity contribution in [3.05, 3.63) is 42.0 Å². The van der Waals surface area contributed by atoms with Crippen LogP contribution in [0.5, 0.6) is 0 Å². The lowest BCUT2D eigenvalue weighted by Crippen LogP contribution is -2.03. The second-order valence-electron chi connectivity index (χ2n) is 3.46. The van der Waals surface area contributed by atoms with Gasteiger partial charge in [0.25, 0.3) is 0 Å². The Kier molecular flexibility index (Phi) is 3.09. The van der Waals surface area contributed by atoms with E-state index in [0.29, 0.717) is 5.82 Å². The van der Waals surface area contributed by atoms with Gasteiger partial charge < -0.3 is 5.11 Å². The number of rotatable bonds is 3. The Morgan fingerprint density at radius 2 is 2.18 bits per heavy atom. The fourth-order valence-electron chi connectivity index (χ4n) is 1.53. The first kappa shape index (κ1) is 11.2. The van der Waals surface area contributed by atoms with Crippen molar-refractivity contribution in [1.29, 1.82) is 0 Å². The second-order valence-corrected chi connectivity index (χ2v) is 3.46. The number of carboxylic acid groups (broad SMARTS) is 1. The van der Waals surface area contributed by atoms with Gasteiger partial charge in [0, 0.05) is 24.2 Å². The topological polar surface area (TPSA) is 76.0 Å². The van der Waals surface area contributed by atoms with E-state index in [1.165, 1.54) is 12.3 Å². The monoisotopic (exact) mass is 229 g/mol. The molecule has 0 unspecified atom stereocenters. The molecule has 0 saturated heterocycles. The molecule has 1 N–H and O–H groups in total. The highest BCUT2D eigenvalue weighted by atomic mass is 16.4. The summed E-state index contributed by atoms with van der Waals surface area (Å²) in [7, 11) is 0. The van der Waals surface area contributed by atoms with E-state index in [1.807, 2.05) is 6.92 Å². The predicted molar refractivity (Wildman–Crippen MR) is 61.6 cm³/mol. The van der Waals surface area contributed by atoms with Crippen LogP contribution in [0.3, 0.4) is 0 Å². The van der Waals surface area contributed by atoms with Gasteiger partial charge in [-0.25, -0.2) is 14.8 Å². The van der Waals surface area contributed by atoms with Crippen molar-refractivity contribution < 1.29 is 9.90 Å². The van der Waals surface area contributed by atoms with E-state index in [4.69, 9.17) is 5.11 Å². The van der Waals surface area contributed by atoms with Gasteiger partial charge in [-0.1, -0.05) is 6.92 Å². The number of hydrogen-bond acceptors (Lipinski definition) is 4. The molecule has 0 radical (unpaired) electrons. The van der Waals surface area contributed by atoms with Crippen LogP contribution in [0.25, 0.3) is 11.4 Å². The molecule has 2 rings (SSSR count). The Bertz CT molecular complexity index is 555. The average Bonchev–Trinajstić information content (AvgIpc) is 2.39. The summed E-state index contributed by atoms with van der Waals surface area (Å²) in [6, 6.07) is 3.17. The minimum Gasteiger partial charge on any atom is -0.477 e. The Morgan fingerprint density at radius 1 is 1.35 bits per heavy atom. The molecule has 0 aromatic carbocycles. The number of pyridine rings is 1. The largest absolute Gasteiger partial charge is 0.477 e. The number of carbonyl (C=O) groups is 1. The van der Waals surface area contributed by atoms with Gasteiger partial charge in [-0.15, -0.1) is 0 Å². The Labute approximate surface area is 98.2 Å². The highest BCUT2D eigenvalue weighted by molar-refractivity contribution is 5.85. The lowest BCUT2D eigenvalue weighted by molar-refractivity contribution is 0.0690. The highest BCUT2D eigenvalue weighted by Crippen LogP contribution is 2.19. The van der Waals surface area contributed by atoms with E-state index in [9.17, 15) is 4.79 Å². The smallest absolute Gasteiger partial charge is 0.354 e. The molecule has 0 aliphatic heterocycles. The molecule has 2 aromatic rings. The van der Waals surface area contributed by atoms with Gasteiger partial charge in [0.15, 0.2) is 11.5 Å². The second kappa shape index (κ2) is 4.69. The van der Waals surface area contributed by atoms with Crippen molar-refractivity contribution >= 4 is 5.97 Å². The van der Waals surface area contributed by atoms with E-state index in [1.54, 1.807) is 18.5 Å². The molecule has 0 spiro atoms. The number of aromatic nitrogens is 3. The summed E-state index contributed by atoms with van der Waals surface area (Å²) in [5.74, 6) is -0.634. The zero-order chi connectivity index (χ0) is 12.3. The molecule has 0 atom stereocenters. The van der Waals surface area contributed by atoms with Crippen molar-refractivity contribution in [2.45, 2.75) is 13.3 Å². The first-order chi connectivity index (χ1) is 8.22. The first-order valence-corrected chi connectivity index (χ1v) is 5.22. The van der Waals surface area contributed by atoms with Crippen molar-refractivity contribution in [2.24, 2.45) is 0 Å². The van der Waals surface area contributed by atoms with Gasteiger partial charge in [0.2, 0.25) is 0 Å². The number of aromatic carboxylic acids is 1. The third kappa shape index (κ3) is 2.28. The number of carboxylic acids is 1. The van der Waals surface area contributed by atoms with Crippen LogP contribution in [-0.4, -0.2) is 26.0 Å². The molecule has 0 fully saturated rings. The Balaban J connectivity index is 2.52. The van der Waals surface area contributed by atoms with Gasteiger partial charge >= 0.3 is 5.97 Å². The molecule has 0 saturated carbocycles. The summed E-state index contributed by atoms with van der Waals surface area (Å²) in [6.07, 6.45) is 5.63. The molecule has 86 valence electrons. The van der Waals surface area contributed by atoms with Crippen LogP contribution in [-0.2, 0) is 6.42 Å².